The van der Waals surface area contributed by atoms with Crippen LogP contribution in [0.25, 0.3) is 10.3 Å². The summed E-state index contributed by atoms with van der Waals surface area (Å²) in [6, 6.07) is 0. The van der Waals surface area contributed by atoms with Crippen molar-refractivity contribution in [1.82, 2.24) is 9.97 Å². The summed E-state index contributed by atoms with van der Waals surface area (Å²) in [7, 11) is 2.69. The molecule has 2 rings (SSSR count). The van der Waals surface area contributed by atoms with Crippen molar-refractivity contribution in [2.24, 2.45) is 0 Å². The molecule has 0 radical (unpaired) electrons. The lowest BCUT2D eigenvalue weighted by atomic mass is 10.0. The van der Waals surface area contributed by atoms with Crippen molar-refractivity contribution in [3.05, 3.63) is 22.3 Å². The van der Waals surface area contributed by atoms with Gasteiger partial charge in [-0.3, -0.25) is 0 Å². The van der Waals surface area contributed by atoms with E-state index in [1.807, 2.05) is 0 Å². The molecular weight excluding hydrogens is 290 g/mol. The van der Waals surface area contributed by atoms with E-state index in [1.54, 1.807) is 6.92 Å². The van der Waals surface area contributed by atoms with Gasteiger partial charge in [-0.15, -0.1) is 0 Å². The smallest absolute Gasteiger partial charge is 0.339 e. The highest BCUT2D eigenvalue weighted by atomic mass is 32.1. The molecule has 1 atom stereocenters. The predicted molar refractivity (Wildman–Crippen MR) is 69.1 cm³/mol. The summed E-state index contributed by atoms with van der Waals surface area (Å²) >= 11 is 0.796. The molecule has 0 aliphatic carbocycles. The van der Waals surface area contributed by atoms with Crippen LogP contribution in [0.15, 0.2) is 6.20 Å². The lowest BCUT2D eigenvalue weighted by molar-refractivity contribution is 0.0589. The molecule has 0 fully saturated rings. The first-order valence-electron chi connectivity index (χ1n) is 5.68. The van der Waals surface area contributed by atoms with Gasteiger partial charge >= 0.3 is 5.97 Å². The van der Waals surface area contributed by atoms with E-state index in [0.717, 1.165) is 11.3 Å². The number of nitrogens with zero attached hydrogens (tertiary/aromatic N) is 2. The van der Waals surface area contributed by atoms with Gasteiger partial charge in [-0.1, -0.05) is 11.3 Å². The van der Waals surface area contributed by atoms with E-state index < -0.39 is 18.5 Å². The zero-order chi connectivity index (χ0) is 14.9. The highest BCUT2D eigenvalue weighted by Gasteiger charge is 2.24. The van der Waals surface area contributed by atoms with Crippen molar-refractivity contribution in [1.29, 1.82) is 0 Å². The Kier molecular flexibility index (Phi) is 4.24. The largest absolute Gasteiger partial charge is 0.465 e. The minimum atomic E-state index is -2.68. The number of fused-ring (bicyclic) bond motifs is 1. The van der Waals surface area contributed by atoms with Crippen LogP contribution in [0.5, 0.6) is 0 Å². The molecule has 2 heterocycles. The molecule has 5 nitrogen and oxygen atoms in total. The number of rotatable bonds is 4. The Labute approximate surface area is 117 Å². The van der Waals surface area contributed by atoms with Crippen molar-refractivity contribution in [3.8, 4) is 0 Å². The zero-order valence-electron chi connectivity index (χ0n) is 11.0. The summed E-state index contributed by atoms with van der Waals surface area (Å²) in [5.74, 6) is -0.607. The maximum Gasteiger partial charge on any atom is 0.339 e. The first-order chi connectivity index (χ1) is 9.49. The number of halogens is 2. The number of carbonyl (C=O) groups is 1. The van der Waals surface area contributed by atoms with E-state index in [0.29, 0.717) is 10.4 Å². The van der Waals surface area contributed by atoms with E-state index >= 15 is 0 Å². The van der Waals surface area contributed by atoms with Crippen molar-refractivity contribution in [2.75, 3.05) is 14.2 Å². The van der Waals surface area contributed by atoms with Gasteiger partial charge in [0, 0.05) is 18.9 Å². The fraction of sp³-hybridized carbons (Fsp3) is 0.417. The van der Waals surface area contributed by atoms with Crippen LogP contribution < -0.4 is 0 Å². The van der Waals surface area contributed by atoms with Crippen LogP contribution in [0, 0.1) is 0 Å². The van der Waals surface area contributed by atoms with Gasteiger partial charge in [-0.2, -0.15) is 0 Å². The van der Waals surface area contributed by atoms with Crippen molar-refractivity contribution in [2.45, 2.75) is 19.5 Å². The van der Waals surface area contributed by atoms with Gasteiger partial charge in [0.25, 0.3) is 6.43 Å². The number of esters is 1. The predicted octanol–water partition coefficient (Wildman–Crippen LogP) is 3.12. The summed E-state index contributed by atoms with van der Waals surface area (Å²) in [6.45, 7) is 1.70. The molecule has 0 saturated carbocycles. The first-order valence-corrected chi connectivity index (χ1v) is 6.49. The zero-order valence-corrected chi connectivity index (χ0v) is 11.8. The van der Waals surface area contributed by atoms with Gasteiger partial charge in [0.05, 0.1) is 18.8 Å². The summed E-state index contributed by atoms with van der Waals surface area (Å²) in [5, 5.41) is -0.334. The Morgan fingerprint density at radius 2 is 2.10 bits per heavy atom. The molecule has 0 bridgehead atoms. The fourth-order valence-electron chi connectivity index (χ4n) is 1.81. The summed E-state index contributed by atoms with van der Waals surface area (Å²) in [5.41, 5.74) is 0.829. The molecule has 108 valence electrons. The first kappa shape index (κ1) is 14.7. The van der Waals surface area contributed by atoms with Crippen LogP contribution in [0.1, 0.15) is 40.4 Å². The summed E-state index contributed by atoms with van der Waals surface area (Å²) in [4.78, 5) is 20.0. The fourth-order valence-corrected chi connectivity index (χ4v) is 2.59. The second-order valence-electron chi connectivity index (χ2n) is 3.96. The molecule has 0 aliphatic heterocycles. The van der Waals surface area contributed by atoms with Crippen LogP contribution >= 0.6 is 11.3 Å². The van der Waals surface area contributed by atoms with Gasteiger partial charge in [0.1, 0.15) is 10.3 Å². The number of pyridine rings is 1. The van der Waals surface area contributed by atoms with E-state index in [9.17, 15) is 13.6 Å². The van der Waals surface area contributed by atoms with Gasteiger partial charge in [-0.05, 0) is 6.92 Å². The lowest BCUT2D eigenvalue weighted by Gasteiger charge is -2.13. The van der Waals surface area contributed by atoms with Gasteiger partial charge in [0.15, 0.2) is 5.01 Å². The number of aromatic nitrogens is 2. The number of hydrogen-bond acceptors (Lipinski definition) is 6. The second kappa shape index (κ2) is 5.76. The number of alkyl halides is 2. The third kappa shape index (κ3) is 2.48. The molecule has 2 aromatic rings. The van der Waals surface area contributed by atoms with Crippen molar-refractivity contribution in [3.63, 3.8) is 0 Å². The molecular formula is C12H12F2N2O3S. The van der Waals surface area contributed by atoms with Gasteiger partial charge < -0.3 is 9.47 Å². The quantitative estimate of drug-likeness (QED) is 0.812. The maximum absolute atomic E-state index is 12.7. The second-order valence-corrected chi connectivity index (χ2v) is 4.97. The van der Waals surface area contributed by atoms with Crippen LogP contribution in [-0.4, -0.2) is 30.2 Å². The molecule has 0 saturated heterocycles. The van der Waals surface area contributed by atoms with E-state index in [4.69, 9.17) is 4.74 Å². The Hall–Kier alpha value is -1.67. The van der Waals surface area contributed by atoms with Crippen LogP contribution in [-0.2, 0) is 9.47 Å². The van der Waals surface area contributed by atoms with E-state index in [1.165, 1.54) is 20.4 Å². The van der Waals surface area contributed by atoms with E-state index in [-0.39, 0.29) is 16.1 Å². The molecule has 2 aromatic heterocycles. The number of methoxy groups -OCH3 is 2. The third-order valence-electron chi connectivity index (χ3n) is 2.83. The lowest BCUT2D eigenvalue weighted by Crippen LogP contribution is -2.10. The highest BCUT2D eigenvalue weighted by Crippen LogP contribution is 2.34. The normalized spacial score (nSPS) is 12.9. The average Bonchev–Trinajstić information content (AvgIpc) is 2.88. The topological polar surface area (TPSA) is 61.3 Å². The molecule has 0 N–H and O–H groups in total. The van der Waals surface area contributed by atoms with Gasteiger partial charge in [-0.25, -0.2) is 23.5 Å². The average molecular weight is 302 g/mol. The molecule has 20 heavy (non-hydrogen) atoms. The Morgan fingerprint density at radius 3 is 2.65 bits per heavy atom. The number of hydrogen-bond donors (Lipinski definition) is 0. The molecule has 0 spiro atoms. The van der Waals surface area contributed by atoms with Crippen molar-refractivity contribution < 1.29 is 23.0 Å². The Balaban J connectivity index is 2.72. The SMILES string of the molecule is COC(=O)c1cnc2sc(C(F)F)nc2c1[C@H](C)OC. The Bertz CT molecular complexity index is 645. The minimum absolute atomic E-state index is 0.167. The molecule has 0 amide bonds. The van der Waals surface area contributed by atoms with E-state index in [2.05, 4.69) is 14.7 Å². The van der Waals surface area contributed by atoms with Crippen LogP contribution in [0.2, 0.25) is 0 Å². The number of ether oxygens (including phenoxy) is 2. The monoisotopic (exact) mass is 302 g/mol. The summed E-state index contributed by atoms with van der Waals surface area (Å²) in [6.07, 6.45) is -1.88. The standard InChI is InChI=1S/C12H12F2N2O3S/c1-5(18-2)7-6(12(17)19-3)4-15-10-8(7)16-11(20-10)9(13)14/h4-5,9H,1-3H3/t5-/m0/s1. The molecule has 0 aromatic carbocycles. The minimum Gasteiger partial charge on any atom is -0.465 e. The maximum atomic E-state index is 12.7. The third-order valence-corrected chi connectivity index (χ3v) is 3.80. The highest BCUT2D eigenvalue weighted by molar-refractivity contribution is 7.18. The Morgan fingerprint density at radius 1 is 1.40 bits per heavy atom. The number of thiazole rings is 1. The van der Waals surface area contributed by atoms with Crippen LogP contribution in [0.3, 0.4) is 0 Å². The number of carbonyl (C=O) groups excluding carboxylic acids is 1. The van der Waals surface area contributed by atoms with Gasteiger partial charge in [0.2, 0.25) is 0 Å². The summed E-state index contributed by atoms with van der Waals surface area (Å²) < 4.78 is 35.3. The molecule has 0 aliphatic rings. The van der Waals surface area contributed by atoms with Crippen LogP contribution in [0.4, 0.5) is 8.78 Å². The van der Waals surface area contributed by atoms with Crippen molar-refractivity contribution >= 4 is 27.7 Å². The molecule has 0 unspecified atom stereocenters. The molecule has 8 heteroatoms.